The molecule has 224 valence electrons. The summed E-state index contributed by atoms with van der Waals surface area (Å²) >= 11 is 0. The molecule has 2 aromatic rings. The maximum atomic E-state index is 12.2. The van der Waals surface area contributed by atoms with E-state index >= 15 is 0 Å². The summed E-state index contributed by atoms with van der Waals surface area (Å²) in [5.41, 5.74) is -8.73. The number of alkyl carbamates (subject to hydrolysis) is 1. The number of rotatable bonds is 8. The lowest BCUT2D eigenvalue weighted by Crippen LogP contribution is -2.43. The zero-order valence-corrected chi connectivity index (χ0v) is 23.3. The van der Waals surface area contributed by atoms with E-state index in [9.17, 15) is 48.0 Å². The number of alkyl halides is 6. The first-order valence-corrected chi connectivity index (χ1v) is 13.9. The number of aromatic nitrogens is 1. The van der Waals surface area contributed by atoms with Crippen LogP contribution < -0.4 is 9.88 Å². The van der Waals surface area contributed by atoms with Crippen LogP contribution in [0.5, 0.6) is 0 Å². The molecule has 2 rings (SSSR count). The quantitative estimate of drug-likeness (QED) is 0.326. The molecule has 0 fully saturated rings. The van der Waals surface area contributed by atoms with Gasteiger partial charge in [-0.25, -0.2) is 21.6 Å². The summed E-state index contributed by atoms with van der Waals surface area (Å²) in [5.74, 6) is 0. The standard InChI is InChI=1S/C21H26N2O2.C2F6NO4S2/c1-16(2)18-10-8-11-19(15-18)21(4,5)22-20(24)25-14-13-23-12-7-6-9-17(23)3;3-1(4,5)14(10,11)9-15(12,13)2(6,7)8/h6-12,15H,1,13-14H2,2-5H3;/q;-1/p+1. The molecule has 1 aromatic carbocycles. The van der Waals surface area contributed by atoms with Crippen molar-refractivity contribution < 1.29 is 57.3 Å². The summed E-state index contributed by atoms with van der Waals surface area (Å²) in [5, 5.41) is 2.94. The topological polar surface area (TPSA) is 125 Å². The predicted molar refractivity (Wildman–Crippen MR) is 133 cm³/mol. The van der Waals surface area contributed by atoms with E-state index in [-0.39, 0.29) is 0 Å². The summed E-state index contributed by atoms with van der Waals surface area (Å²) < 4.78 is 117. The van der Waals surface area contributed by atoms with E-state index in [2.05, 4.69) is 16.5 Å². The Morgan fingerprint density at radius 2 is 1.52 bits per heavy atom. The number of hydrogen-bond donors (Lipinski definition) is 1. The summed E-state index contributed by atoms with van der Waals surface area (Å²) in [6, 6.07) is 14.0. The number of nitrogens with zero attached hydrogens (tertiary/aromatic N) is 2. The SMILES string of the molecule is C=C(C)c1cccc(C(C)(C)NC(=O)OCC[n+]2ccccc2C)c1.O=S(=O)([N-]S(=O)(=O)C(F)(F)F)C(F)(F)F. The normalized spacial score (nSPS) is 12.7. The molecule has 0 atom stereocenters. The van der Waals surface area contributed by atoms with E-state index < -0.39 is 42.7 Å². The molecule has 1 amide bonds. The summed E-state index contributed by atoms with van der Waals surface area (Å²) in [7, 11) is -13.4. The number of ether oxygens (including phenoxy) is 1. The van der Waals surface area contributed by atoms with Gasteiger partial charge in [-0.3, -0.25) is 0 Å². The highest BCUT2D eigenvalue weighted by molar-refractivity contribution is 8.13. The third kappa shape index (κ3) is 10.1. The van der Waals surface area contributed by atoms with Crippen LogP contribution in [0.25, 0.3) is 9.70 Å². The average molecular weight is 620 g/mol. The Morgan fingerprint density at radius 1 is 0.975 bits per heavy atom. The van der Waals surface area contributed by atoms with E-state index in [0.29, 0.717) is 13.2 Å². The van der Waals surface area contributed by atoms with Gasteiger partial charge in [0, 0.05) is 19.1 Å². The molecule has 0 unspecified atom stereocenters. The van der Waals surface area contributed by atoms with Crippen molar-refractivity contribution in [3.8, 4) is 0 Å². The Kier molecular flexibility index (Phi) is 11.3. The molecule has 40 heavy (non-hydrogen) atoms. The first-order chi connectivity index (χ1) is 18.0. The molecule has 0 spiro atoms. The highest BCUT2D eigenvalue weighted by atomic mass is 32.3. The zero-order chi connectivity index (χ0) is 31.2. The number of sulfonamides is 2. The molecule has 0 saturated heterocycles. The van der Waals surface area contributed by atoms with Gasteiger partial charge in [0.1, 0.15) is 0 Å². The number of amides is 1. The maximum Gasteiger partial charge on any atom is 0.480 e. The number of nitrogens with one attached hydrogen (secondary N) is 1. The molecule has 0 aliphatic rings. The molecule has 0 bridgehead atoms. The van der Waals surface area contributed by atoms with Crippen LogP contribution in [-0.2, 0) is 36.9 Å². The van der Waals surface area contributed by atoms with Crippen molar-refractivity contribution in [2.45, 2.75) is 50.8 Å². The number of carbonyl (C=O) groups is 1. The van der Waals surface area contributed by atoms with Gasteiger partial charge in [-0.05, 0) is 38.0 Å². The minimum absolute atomic E-state index is 0.323. The largest absolute Gasteiger partial charge is 0.480 e. The van der Waals surface area contributed by atoms with Gasteiger partial charge in [-0.1, -0.05) is 36.4 Å². The summed E-state index contributed by atoms with van der Waals surface area (Å²) in [6.07, 6.45) is 1.56. The van der Waals surface area contributed by atoms with Gasteiger partial charge < -0.3 is 14.2 Å². The zero-order valence-electron chi connectivity index (χ0n) is 21.7. The van der Waals surface area contributed by atoms with Crippen molar-refractivity contribution >= 4 is 31.7 Å². The molecule has 1 aromatic heterocycles. The van der Waals surface area contributed by atoms with Gasteiger partial charge in [-0.2, -0.15) is 30.9 Å². The van der Waals surface area contributed by atoms with Crippen LogP contribution in [0, 0.1) is 6.92 Å². The van der Waals surface area contributed by atoms with Crippen molar-refractivity contribution in [1.29, 1.82) is 0 Å². The van der Waals surface area contributed by atoms with Crippen LogP contribution in [0.15, 0.2) is 55.2 Å². The first kappa shape index (κ1) is 34.8. The van der Waals surface area contributed by atoms with Crippen molar-refractivity contribution in [3.05, 3.63) is 76.2 Å². The second kappa shape index (κ2) is 13.0. The van der Waals surface area contributed by atoms with Crippen LogP contribution >= 0.6 is 0 Å². The third-order valence-corrected chi connectivity index (χ3v) is 7.75. The predicted octanol–water partition coefficient (Wildman–Crippen LogP) is 5.04. The number of pyridine rings is 1. The number of allylic oxidation sites excluding steroid dienone is 1. The van der Waals surface area contributed by atoms with Crippen LogP contribution in [0.2, 0.25) is 0 Å². The molecule has 0 saturated carbocycles. The minimum Gasteiger partial charge on any atom is -0.443 e. The number of aryl methyl sites for hydroxylation is 1. The van der Waals surface area contributed by atoms with Gasteiger partial charge in [0.25, 0.3) is 0 Å². The molecule has 0 radical (unpaired) electrons. The van der Waals surface area contributed by atoms with Crippen molar-refractivity contribution in [3.63, 3.8) is 0 Å². The van der Waals surface area contributed by atoms with Crippen LogP contribution in [-0.4, -0.2) is 40.6 Å². The first-order valence-electron chi connectivity index (χ1n) is 11.0. The summed E-state index contributed by atoms with van der Waals surface area (Å²) in [4.78, 5) is 12.2. The summed E-state index contributed by atoms with van der Waals surface area (Å²) in [6.45, 7) is 12.8. The van der Waals surface area contributed by atoms with Crippen LogP contribution in [0.1, 0.15) is 37.6 Å². The Morgan fingerprint density at radius 3 is 2.00 bits per heavy atom. The Bertz CT molecular complexity index is 1380. The van der Waals surface area contributed by atoms with Gasteiger partial charge in [-0.15, -0.1) is 0 Å². The Hall–Kier alpha value is -3.18. The van der Waals surface area contributed by atoms with Crippen molar-refractivity contribution in [1.82, 2.24) is 5.32 Å². The third-order valence-electron chi connectivity index (χ3n) is 5.01. The van der Waals surface area contributed by atoms with Gasteiger partial charge in [0.15, 0.2) is 45.1 Å². The molecule has 9 nitrogen and oxygen atoms in total. The average Bonchev–Trinajstić information content (AvgIpc) is 2.78. The molecule has 1 heterocycles. The second-order valence-corrected chi connectivity index (χ2v) is 12.1. The van der Waals surface area contributed by atoms with Crippen LogP contribution in [0.4, 0.5) is 31.1 Å². The molecule has 0 aliphatic heterocycles. The van der Waals surface area contributed by atoms with Gasteiger partial charge in [0.2, 0.25) is 0 Å². The van der Waals surface area contributed by atoms with Crippen molar-refractivity contribution in [2.75, 3.05) is 6.61 Å². The number of halogens is 6. The van der Waals surface area contributed by atoms with E-state index in [1.54, 1.807) is 0 Å². The number of benzene rings is 1. The van der Waals surface area contributed by atoms with Crippen LogP contribution in [0.3, 0.4) is 0 Å². The fraction of sp³-hybridized carbons (Fsp3) is 0.391. The van der Waals surface area contributed by atoms with E-state index in [1.165, 1.54) is 0 Å². The molecule has 17 heteroatoms. The lowest BCUT2D eigenvalue weighted by Gasteiger charge is -2.27. The Balaban J connectivity index is 0.000000459. The number of carbonyl (C=O) groups excluding carboxylic acids is 1. The van der Waals surface area contributed by atoms with E-state index in [0.717, 1.165) is 26.5 Å². The lowest BCUT2D eigenvalue weighted by atomic mass is 9.92. The van der Waals surface area contributed by atoms with E-state index in [4.69, 9.17) is 4.74 Å². The number of hydrogen-bond acceptors (Lipinski definition) is 6. The Labute approximate surface area is 228 Å². The highest BCUT2D eigenvalue weighted by Gasteiger charge is 2.46. The van der Waals surface area contributed by atoms with Gasteiger partial charge >= 0.3 is 17.1 Å². The molecule has 0 aliphatic carbocycles. The highest BCUT2D eigenvalue weighted by Crippen LogP contribution is 2.36. The molecular formula is C23H27F6N3O6S2. The van der Waals surface area contributed by atoms with Gasteiger partial charge in [0.05, 0.1) is 5.54 Å². The molecular weight excluding hydrogens is 592 g/mol. The maximum absolute atomic E-state index is 12.2. The second-order valence-electron chi connectivity index (χ2n) is 8.70. The fourth-order valence-corrected chi connectivity index (χ4v) is 4.51. The lowest BCUT2D eigenvalue weighted by molar-refractivity contribution is -0.703. The fourth-order valence-electron chi connectivity index (χ4n) is 2.80. The van der Waals surface area contributed by atoms with Crippen molar-refractivity contribution in [2.24, 2.45) is 0 Å². The smallest absolute Gasteiger partial charge is 0.443 e. The van der Waals surface area contributed by atoms with E-state index in [1.807, 2.05) is 76.4 Å². The molecule has 1 N–H and O–H groups in total. The minimum atomic E-state index is -6.72. The monoisotopic (exact) mass is 619 g/mol.